The monoisotopic (exact) mass is 409 g/mol. The molecular formula is C22H20ClN3O3. The lowest BCUT2D eigenvalue weighted by Gasteiger charge is -2.15. The number of ether oxygens (including phenoxy) is 1. The molecule has 0 radical (unpaired) electrons. The van der Waals surface area contributed by atoms with Crippen molar-refractivity contribution >= 4 is 29.1 Å². The summed E-state index contributed by atoms with van der Waals surface area (Å²) in [6.07, 6.45) is 2.43. The maximum absolute atomic E-state index is 12.4. The Morgan fingerprint density at radius 2 is 1.90 bits per heavy atom. The average molecular weight is 410 g/mol. The molecule has 0 fully saturated rings. The molecule has 29 heavy (non-hydrogen) atoms. The van der Waals surface area contributed by atoms with Gasteiger partial charge in [-0.05, 0) is 61.0 Å². The number of nitrogens with zero attached hydrogens (tertiary/aromatic N) is 1. The molecule has 1 heterocycles. The summed E-state index contributed by atoms with van der Waals surface area (Å²) in [5.74, 6) is 0.0675. The first-order valence-electron chi connectivity index (χ1n) is 9.01. The molecule has 1 atom stereocenters. The van der Waals surface area contributed by atoms with Gasteiger partial charge in [-0.3, -0.25) is 14.6 Å². The van der Waals surface area contributed by atoms with Crippen LogP contribution in [0.3, 0.4) is 0 Å². The van der Waals surface area contributed by atoms with E-state index in [0.717, 1.165) is 5.56 Å². The predicted octanol–water partition coefficient (Wildman–Crippen LogP) is 4.07. The molecule has 1 unspecified atom stereocenters. The summed E-state index contributed by atoms with van der Waals surface area (Å²) in [7, 11) is 0. The zero-order chi connectivity index (χ0) is 20.6. The number of hydrogen-bond acceptors (Lipinski definition) is 4. The van der Waals surface area contributed by atoms with Gasteiger partial charge in [0.25, 0.3) is 11.8 Å². The number of carbonyl (C=O) groups is 2. The van der Waals surface area contributed by atoms with Crippen LogP contribution < -0.4 is 15.4 Å². The van der Waals surface area contributed by atoms with E-state index >= 15 is 0 Å². The Morgan fingerprint density at radius 3 is 2.62 bits per heavy atom. The number of amides is 2. The van der Waals surface area contributed by atoms with Gasteiger partial charge >= 0.3 is 0 Å². The van der Waals surface area contributed by atoms with Gasteiger partial charge in [-0.1, -0.05) is 23.7 Å². The second kappa shape index (κ2) is 9.71. The molecule has 0 aliphatic heterocycles. The molecule has 7 heteroatoms. The van der Waals surface area contributed by atoms with Crippen molar-refractivity contribution in [2.75, 3.05) is 5.32 Å². The zero-order valence-corrected chi connectivity index (χ0v) is 16.5. The van der Waals surface area contributed by atoms with Crippen molar-refractivity contribution in [3.8, 4) is 5.75 Å². The predicted molar refractivity (Wildman–Crippen MR) is 112 cm³/mol. The molecule has 2 aromatic carbocycles. The summed E-state index contributed by atoms with van der Waals surface area (Å²) >= 11 is 5.85. The van der Waals surface area contributed by atoms with Gasteiger partial charge in [0.2, 0.25) is 0 Å². The molecular weight excluding hydrogens is 390 g/mol. The highest BCUT2D eigenvalue weighted by atomic mass is 35.5. The maximum atomic E-state index is 12.4. The van der Waals surface area contributed by atoms with Crippen molar-refractivity contribution in [2.45, 2.75) is 19.6 Å². The van der Waals surface area contributed by atoms with Gasteiger partial charge in [-0.15, -0.1) is 0 Å². The Kier molecular flexibility index (Phi) is 6.81. The second-order valence-electron chi connectivity index (χ2n) is 6.33. The normalized spacial score (nSPS) is 11.4. The number of hydrogen-bond donors (Lipinski definition) is 2. The summed E-state index contributed by atoms with van der Waals surface area (Å²) in [6, 6.07) is 17.5. The maximum Gasteiger partial charge on any atom is 0.265 e. The molecule has 0 saturated heterocycles. The first-order valence-corrected chi connectivity index (χ1v) is 9.39. The van der Waals surface area contributed by atoms with Crippen molar-refractivity contribution in [2.24, 2.45) is 0 Å². The topological polar surface area (TPSA) is 80.3 Å². The van der Waals surface area contributed by atoms with Gasteiger partial charge in [0.1, 0.15) is 5.75 Å². The van der Waals surface area contributed by atoms with Crippen molar-refractivity contribution in [3.63, 3.8) is 0 Å². The fraction of sp³-hybridized carbons (Fsp3) is 0.136. The third-order valence-electron chi connectivity index (χ3n) is 4.07. The van der Waals surface area contributed by atoms with Crippen LogP contribution in [0.4, 0.5) is 5.69 Å². The minimum atomic E-state index is -0.690. The van der Waals surface area contributed by atoms with Crippen LogP contribution in [0.5, 0.6) is 5.75 Å². The Labute approximate surface area is 173 Å². The molecule has 0 saturated carbocycles. The lowest BCUT2D eigenvalue weighted by atomic mass is 10.2. The molecule has 148 valence electrons. The number of benzene rings is 2. The summed E-state index contributed by atoms with van der Waals surface area (Å²) in [4.78, 5) is 28.5. The number of anilines is 1. The van der Waals surface area contributed by atoms with E-state index in [-0.39, 0.29) is 11.8 Å². The van der Waals surface area contributed by atoms with Crippen LogP contribution in [0.1, 0.15) is 22.8 Å². The molecule has 3 rings (SSSR count). The molecule has 0 spiro atoms. The van der Waals surface area contributed by atoms with Crippen LogP contribution in [0, 0.1) is 0 Å². The molecule has 2 N–H and O–H groups in total. The second-order valence-corrected chi connectivity index (χ2v) is 6.76. The van der Waals surface area contributed by atoms with Crippen LogP contribution >= 0.6 is 11.6 Å². The summed E-state index contributed by atoms with van der Waals surface area (Å²) in [5, 5.41) is 6.25. The molecule has 0 aliphatic carbocycles. The number of pyridine rings is 1. The lowest BCUT2D eigenvalue weighted by Crippen LogP contribution is -2.30. The van der Waals surface area contributed by atoms with E-state index in [1.807, 2.05) is 12.1 Å². The van der Waals surface area contributed by atoms with Gasteiger partial charge in [-0.25, -0.2) is 0 Å². The standard InChI is InChI=1S/C22H20ClN3O3/c1-15(29-20-9-7-18(23)8-10-20)21(27)26-19-6-2-4-16(12-19)13-25-22(28)17-5-3-11-24-14-17/h2-12,14-15H,13H2,1H3,(H,25,28)(H,26,27). The third kappa shape index (κ3) is 6.05. The number of carbonyl (C=O) groups excluding carboxylic acids is 2. The highest BCUT2D eigenvalue weighted by molar-refractivity contribution is 6.30. The molecule has 2 amide bonds. The number of aromatic nitrogens is 1. The van der Waals surface area contributed by atoms with Crippen LogP contribution in [-0.4, -0.2) is 22.9 Å². The van der Waals surface area contributed by atoms with E-state index in [9.17, 15) is 9.59 Å². The van der Waals surface area contributed by atoms with E-state index in [1.54, 1.807) is 61.7 Å². The Balaban J connectivity index is 1.55. The number of rotatable bonds is 7. The van der Waals surface area contributed by atoms with E-state index in [1.165, 1.54) is 6.20 Å². The van der Waals surface area contributed by atoms with Crippen LogP contribution in [0.2, 0.25) is 5.02 Å². The quantitative estimate of drug-likeness (QED) is 0.616. The van der Waals surface area contributed by atoms with Gasteiger partial charge in [-0.2, -0.15) is 0 Å². The highest BCUT2D eigenvalue weighted by Crippen LogP contribution is 2.18. The number of halogens is 1. The Hall–Kier alpha value is -3.38. The Morgan fingerprint density at radius 1 is 1.10 bits per heavy atom. The minimum absolute atomic E-state index is 0.211. The van der Waals surface area contributed by atoms with Crippen molar-refractivity contribution < 1.29 is 14.3 Å². The largest absolute Gasteiger partial charge is 0.481 e. The minimum Gasteiger partial charge on any atom is -0.481 e. The molecule has 0 bridgehead atoms. The molecule has 1 aromatic heterocycles. The molecule has 0 aliphatic rings. The summed E-state index contributed by atoms with van der Waals surface area (Å²) < 4.78 is 5.63. The summed E-state index contributed by atoms with van der Waals surface area (Å²) in [5.41, 5.74) is 1.96. The van der Waals surface area contributed by atoms with Gasteiger partial charge < -0.3 is 15.4 Å². The van der Waals surface area contributed by atoms with E-state index in [4.69, 9.17) is 16.3 Å². The van der Waals surface area contributed by atoms with Gasteiger partial charge in [0.05, 0.1) is 5.56 Å². The van der Waals surface area contributed by atoms with E-state index in [0.29, 0.717) is 28.6 Å². The van der Waals surface area contributed by atoms with Crippen LogP contribution in [-0.2, 0) is 11.3 Å². The van der Waals surface area contributed by atoms with Crippen molar-refractivity contribution in [3.05, 3.63) is 89.2 Å². The van der Waals surface area contributed by atoms with Crippen LogP contribution in [0.15, 0.2) is 73.1 Å². The van der Waals surface area contributed by atoms with Gasteiger partial charge in [0, 0.05) is 29.6 Å². The first-order chi connectivity index (χ1) is 14.0. The fourth-order valence-electron chi connectivity index (χ4n) is 2.56. The van der Waals surface area contributed by atoms with Crippen molar-refractivity contribution in [1.29, 1.82) is 0 Å². The summed E-state index contributed by atoms with van der Waals surface area (Å²) in [6.45, 7) is 2.00. The highest BCUT2D eigenvalue weighted by Gasteiger charge is 2.15. The van der Waals surface area contributed by atoms with Crippen molar-refractivity contribution in [1.82, 2.24) is 10.3 Å². The third-order valence-corrected chi connectivity index (χ3v) is 4.32. The first kappa shape index (κ1) is 20.4. The van der Waals surface area contributed by atoms with E-state index < -0.39 is 6.10 Å². The smallest absolute Gasteiger partial charge is 0.265 e. The fourth-order valence-corrected chi connectivity index (χ4v) is 2.68. The Bertz CT molecular complexity index is 978. The molecule has 6 nitrogen and oxygen atoms in total. The molecule has 3 aromatic rings. The van der Waals surface area contributed by atoms with Gasteiger partial charge in [0.15, 0.2) is 6.10 Å². The van der Waals surface area contributed by atoms with Crippen LogP contribution in [0.25, 0.3) is 0 Å². The zero-order valence-electron chi connectivity index (χ0n) is 15.8. The lowest BCUT2D eigenvalue weighted by molar-refractivity contribution is -0.122. The number of nitrogens with one attached hydrogen (secondary N) is 2. The SMILES string of the molecule is CC(Oc1ccc(Cl)cc1)C(=O)Nc1cccc(CNC(=O)c2cccnc2)c1. The van der Waals surface area contributed by atoms with E-state index in [2.05, 4.69) is 15.6 Å². The average Bonchev–Trinajstić information content (AvgIpc) is 2.74.